The topological polar surface area (TPSA) is 32.8 Å². The van der Waals surface area contributed by atoms with Crippen LogP contribution in [0.2, 0.25) is 0 Å². The van der Waals surface area contributed by atoms with Gasteiger partial charge in [0.2, 0.25) is 0 Å². The molecule has 1 aromatic carbocycles. The predicted molar refractivity (Wildman–Crippen MR) is 93.8 cm³/mol. The molecule has 0 aromatic heterocycles. The molecule has 0 N–H and O–H groups in total. The maximum absolute atomic E-state index is 14.7. The normalized spacial score (nSPS) is 27.7. The fraction of sp³-hybridized carbons (Fsp3) is 0.650. The van der Waals surface area contributed by atoms with Crippen LogP contribution in [0.4, 0.5) is 8.78 Å². The second kappa shape index (κ2) is 6.89. The van der Waals surface area contributed by atoms with Crippen LogP contribution >= 0.6 is 0 Å². The number of nitrogens with zero attached hydrogens (tertiary/aromatic N) is 2. The highest BCUT2D eigenvalue weighted by molar-refractivity contribution is 5.82. The lowest BCUT2D eigenvalue weighted by Gasteiger charge is -2.49. The van der Waals surface area contributed by atoms with Crippen molar-refractivity contribution in [1.82, 2.24) is 9.80 Å². The van der Waals surface area contributed by atoms with Gasteiger partial charge in [0.05, 0.1) is 12.1 Å². The number of benzene rings is 1. The van der Waals surface area contributed by atoms with E-state index in [2.05, 4.69) is 0 Å². The molecule has 2 atom stereocenters. The number of piperidine rings is 1. The fourth-order valence-corrected chi connectivity index (χ4v) is 4.26. The minimum absolute atomic E-state index is 0.0926. The zero-order valence-electron chi connectivity index (χ0n) is 15.2. The number of carbonyl (C=O) groups excluding carboxylic acids is 1. The molecule has 6 heteroatoms. The Bertz CT molecular complexity index is 672. The number of carbonyl (C=O) groups is 1. The fourth-order valence-electron chi connectivity index (χ4n) is 4.26. The largest absolute Gasteiger partial charge is 0.360 e. The predicted octanol–water partition coefficient (Wildman–Crippen LogP) is 2.91. The first-order valence-corrected chi connectivity index (χ1v) is 9.57. The molecule has 4 nitrogen and oxygen atoms in total. The van der Waals surface area contributed by atoms with E-state index >= 15 is 0 Å². The Kier molecular flexibility index (Phi) is 4.73. The van der Waals surface area contributed by atoms with Crippen molar-refractivity contribution in [2.24, 2.45) is 0 Å². The van der Waals surface area contributed by atoms with Gasteiger partial charge in [-0.15, -0.1) is 0 Å². The van der Waals surface area contributed by atoms with E-state index in [0.717, 1.165) is 25.7 Å². The molecule has 1 unspecified atom stereocenters. The molecule has 1 aliphatic carbocycles. The van der Waals surface area contributed by atoms with Crippen molar-refractivity contribution >= 4 is 5.91 Å². The average molecular weight is 364 g/mol. The van der Waals surface area contributed by atoms with Gasteiger partial charge in [-0.1, -0.05) is 12.1 Å². The van der Waals surface area contributed by atoms with E-state index in [1.807, 2.05) is 16.7 Å². The third-order valence-electron chi connectivity index (χ3n) is 5.90. The maximum Gasteiger partial charge on any atom is 0.251 e. The first kappa shape index (κ1) is 17.9. The lowest BCUT2D eigenvalue weighted by molar-refractivity contribution is -0.193. The molecule has 3 fully saturated rings. The van der Waals surface area contributed by atoms with Crippen LogP contribution in [0.25, 0.3) is 0 Å². The van der Waals surface area contributed by atoms with Crippen LogP contribution in [0, 0.1) is 5.82 Å². The number of rotatable bonds is 4. The Morgan fingerprint density at radius 2 is 2.04 bits per heavy atom. The van der Waals surface area contributed by atoms with Crippen molar-refractivity contribution in [3.05, 3.63) is 35.6 Å². The van der Waals surface area contributed by atoms with Gasteiger partial charge in [-0.2, -0.15) is 0 Å². The van der Waals surface area contributed by atoms with Crippen molar-refractivity contribution in [2.75, 3.05) is 19.6 Å². The Labute approximate surface area is 153 Å². The van der Waals surface area contributed by atoms with E-state index < -0.39 is 12.4 Å². The van der Waals surface area contributed by atoms with Crippen LogP contribution in [0.1, 0.15) is 38.2 Å². The van der Waals surface area contributed by atoms with E-state index in [-0.39, 0.29) is 23.7 Å². The minimum atomic E-state index is -1.13. The summed E-state index contributed by atoms with van der Waals surface area (Å²) in [5.41, 5.74) is 0.330. The summed E-state index contributed by atoms with van der Waals surface area (Å²) in [6, 6.07) is 6.51. The highest BCUT2D eigenvalue weighted by atomic mass is 19.1. The molecule has 0 bridgehead atoms. The number of hydrogen-bond donors (Lipinski definition) is 0. The first-order valence-electron chi connectivity index (χ1n) is 9.57. The van der Waals surface area contributed by atoms with Crippen LogP contribution in [-0.2, 0) is 16.0 Å². The monoisotopic (exact) mass is 364 g/mol. The third-order valence-corrected chi connectivity index (χ3v) is 5.90. The van der Waals surface area contributed by atoms with Gasteiger partial charge in [0, 0.05) is 25.6 Å². The summed E-state index contributed by atoms with van der Waals surface area (Å²) < 4.78 is 34.1. The zero-order chi connectivity index (χ0) is 18.3. The van der Waals surface area contributed by atoms with E-state index in [9.17, 15) is 13.6 Å². The van der Waals surface area contributed by atoms with Gasteiger partial charge in [-0.3, -0.25) is 9.69 Å². The molecule has 0 radical (unpaired) electrons. The van der Waals surface area contributed by atoms with Gasteiger partial charge in [0.1, 0.15) is 11.9 Å². The average Bonchev–Trinajstić information content (AvgIpc) is 3.44. The van der Waals surface area contributed by atoms with E-state index in [0.29, 0.717) is 31.2 Å². The standard InChI is InChI=1S/C20H26F2N2O2/c1-14-19(25)24(17-5-6-17)13-20(26-14)7-9-23(10-8-20)18(22)12-15-3-2-4-16(21)11-15/h2-4,11,14,17-18H,5-10,12-13H2,1H3/t14-,18?/m1/s1. The molecule has 2 aliphatic heterocycles. The summed E-state index contributed by atoms with van der Waals surface area (Å²) >= 11 is 0. The summed E-state index contributed by atoms with van der Waals surface area (Å²) in [5, 5.41) is 0. The molecular weight excluding hydrogens is 338 g/mol. The van der Waals surface area contributed by atoms with Crippen molar-refractivity contribution in [3.63, 3.8) is 0 Å². The van der Waals surface area contributed by atoms with Gasteiger partial charge < -0.3 is 9.64 Å². The number of halogens is 2. The molecule has 1 saturated carbocycles. The van der Waals surface area contributed by atoms with Crippen LogP contribution < -0.4 is 0 Å². The number of hydrogen-bond acceptors (Lipinski definition) is 3. The molecule has 1 aromatic rings. The van der Waals surface area contributed by atoms with Crippen LogP contribution in [0.15, 0.2) is 24.3 Å². The summed E-state index contributed by atoms with van der Waals surface area (Å²) in [6.07, 6.45) is 2.26. The van der Waals surface area contributed by atoms with E-state index in [4.69, 9.17) is 4.74 Å². The Balaban J connectivity index is 1.36. The smallest absolute Gasteiger partial charge is 0.251 e. The quantitative estimate of drug-likeness (QED) is 0.770. The number of amides is 1. The molecule has 4 rings (SSSR count). The molecule has 1 spiro atoms. The summed E-state index contributed by atoms with van der Waals surface area (Å²) in [6.45, 7) is 3.65. The lowest BCUT2D eigenvalue weighted by Crippen LogP contribution is -2.62. The van der Waals surface area contributed by atoms with Gasteiger partial charge in [0.15, 0.2) is 6.30 Å². The Morgan fingerprint density at radius 3 is 2.69 bits per heavy atom. The molecular formula is C20H26F2N2O2. The Hall–Kier alpha value is -1.53. The highest BCUT2D eigenvalue weighted by Crippen LogP contribution is 2.38. The molecule has 142 valence electrons. The summed E-state index contributed by atoms with van der Waals surface area (Å²) in [7, 11) is 0. The number of likely N-dealkylation sites (tertiary alicyclic amines) is 1. The summed E-state index contributed by atoms with van der Waals surface area (Å²) in [5.74, 6) is -0.239. The second-order valence-corrected chi connectivity index (χ2v) is 7.94. The van der Waals surface area contributed by atoms with Gasteiger partial charge >= 0.3 is 0 Å². The first-order chi connectivity index (χ1) is 12.5. The van der Waals surface area contributed by atoms with Crippen molar-refractivity contribution in [3.8, 4) is 0 Å². The van der Waals surface area contributed by atoms with E-state index in [1.165, 1.54) is 12.1 Å². The summed E-state index contributed by atoms with van der Waals surface area (Å²) in [4.78, 5) is 16.1. The lowest BCUT2D eigenvalue weighted by atomic mass is 9.88. The molecule has 26 heavy (non-hydrogen) atoms. The van der Waals surface area contributed by atoms with Gasteiger partial charge in [-0.25, -0.2) is 8.78 Å². The van der Waals surface area contributed by atoms with Crippen molar-refractivity contribution < 1.29 is 18.3 Å². The van der Waals surface area contributed by atoms with Gasteiger partial charge in [0.25, 0.3) is 5.91 Å². The number of morpholine rings is 1. The van der Waals surface area contributed by atoms with Gasteiger partial charge in [-0.05, 0) is 50.3 Å². The highest BCUT2D eigenvalue weighted by Gasteiger charge is 2.49. The SMILES string of the molecule is C[C@H]1OC2(CCN(C(F)Cc3cccc(F)c3)CC2)CN(C2CC2)C1=O. The third kappa shape index (κ3) is 3.62. The molecule has 2 saturated heterocycles. The van der Waals surface area contributed by atoms with Crippen LogP contribution in [0.3, 0.4) is 0 Å². The zero-order valence-corrected chi connectivity index (χ0v) is 15.2. The molecule has 2 heterocycles. The van der Waals surface area contributed by atoms with Crippen LogP contribution in [-0.4, -0.2) is 59.4 Å². The Morgan fingerprint density at radius 1 is 1.31 bits per heavy atom. The van der Waals surface area contributed by atoms with Crippen molar-refractivity contribution in [1.29, 1.82) is 0 Å². The van der Waals surface area contributed by atoms with Crippen molar-refractivity contribution in [2.45, 2.75) is 63.1 Å². The molecule has 1 amide bonds. The second-order valence-electron chi connectivity index (χ2n) is 7.94. The minimum Gasteiger partial charge on any atom is -0.360 e. The number of alkyl halides is 1. The van der Waals surface area contributed by atoms with E-state index in [1.54, 1.807) is 12.1 Å². The van der Waals surface area contributed by atoms with Crippen LogP contribution in [0.5, 0.6) is 0 Å². The maximum atomic E-state index is 14.7. The number of ether oxygens (including phenoxy) is 1. The molecule has 3 aliphatic rings.